The first-order valence-corrected chi connectivity index (χ1v) is 9.26. The summed E-state index contributed by atoms with van der Waals surface area (Å²) in [6.07, 6.45) is 5.50. The number of rotatable bonds is 5. The summed E-state index contributed by atoms with van der Waals surface area (Å²) in [6, 6.07) is 14.6. The Morgan fingerprint density at radius 1 is 1.04 bits per heavy atom. The van der Waals surface area contributed by atoms with E-state index in [1.807, 2.05) is 27.6 Å². The molecule has 6 nitrogen and oxygen atoms in total. The maximum Gasteiger partial charge on any atom is 0.214 e. The van der Waals surface area contributed by atoms with Gasteiger partial charge in [-0.3, -0.25) is 0 Å². The summed E-state index contributed by atoms with van der Waals surface area (Å²) in [5.41, 5.74) is 5.74. The van der Waals surface area contributed by atoms with Crippen molar-refractivity contribution in [3.8, 4) is 11.4 Å². The Morgan fingerprint density at radius 3 is 2.65 bits per heavy atom. The van der Waals surface area contributed by atoms with Gasteiger partial charge in [0.25, 0.3) is 0 Å². The molecular formula is C19H18N6S. The highest BCUT2D eigenvalue weighted by atomic mass is 32.2. The van der Waals surface area contributed by atoms with Crippen LogP contribution in [0.3, 0.4) is 0 Å². The maximum absolute atomic E-state index is 4.19. The second-order valence-corrected chi connectivity index (χ2v) is 6.96. The molecule has 0 unspecified atom stereocenters. The Labute approximate surface area is 155 Å². The van der Waals surface area contributed by atoms with Crippen molar-refractivity contribution in [3.63, 3.8) is 0 Å². The van der Waals surface area contributed by atoms with E-state index in [0.29, 0.717) is 0 Å². The van der Waals surface area contributed by atoms with E-state index in [1.54, 1.807) is 24.3 Å². The minimum atomic E-state index is 0.789. The predicted molar refractivity (Wildman–Crippen MR) is 102 cm³/mol. The average Bonchev–Trinajstić information content (AvgIpc) is 3.34. The van der Waals surface area contributed by atoms with Gasteiger partial charge in [0.05, 0.1) is 12.0 Å². The Balaban J connectivity index is 1.51. The Morgan fingerprint density at radius 2 is 1.88 bits per heavy atom. The maximum atomic E-state index is 4.19. The molecule has 0 N–H and O–H groups in total. The lowest BCUT2D eigenvalue weighted by Gasteiger charge is -2.09. The topological polar surface area (TPSA) is 61.4 Å². The van der Waals surface area contributed by atoms with E-state index in [9.17, 15) is 0 Å². The molecule has 130 valence electrons. The number of benzene rings is 2. The lowest BCUT2D eigenvalue weighted by atomic mass is 10.1. The first kappa shape index (κ1) is 16.5. The van der Waals surface area contributed by atoms with Crippen molar-refractivity contribution in [1.29, 1.82) is 0 Å². The highest BCUT2D eigenvalue weighted by Crippen LogP contribution is 2.25. The van der Waals surface area contributed by atoms with Crippen LogP contribution in [0.1, 0.15) is 16.7 Å². The molecule has 2 aromatic heterocycles. The highest BCUT2D eigenvalue weighted by molar-refractivity contribution is 7.98. The molecule has 0 amide bonds. The van der Waals surface area contributed by atoms with Crippen LogP contribution in [0.4, 0.5) is 0 Å². The molecule has 0 bridgehead atoms. The van der Waals surface area contributed by atoms with E-state index < -0.39 is 0 Å². The fourth-order valence-electron chi connectivity index (χ4n) is 2.71. The lowest BCUT2D eigenvalue weighted by Crippen LogP contribution is -2.02. The third-order valence-electron chi connectivity index (χ3n) is 4.35. The molecule has 26 heavy (non-hydrogen) atoms. The zero-order chi connectivity index (χ0) is 17.9. The summed E-state index contributed by atoms with van der Waals surface area (Å²) in [7, 11) is 0. The summed E-state index contributed by atoms with van der Waals surface area (Å²) in [4.78, 5) is 4.08. The SMILES string of the molecule is Cc1cccc(-n2nnnc2SCc2ccc(-n3ccnc3)cc2)c1C. The van der Waals surface area contributed by atoms with Crippen LogP contribution in [-0.4, -0.2) is 29.8 Å². The molecule has 0 aliphatic carbocycles. The molecule has 0 aliphatic heterocycles. The third kappa shape index (κ3) is 3.25. The van der Waals surface area contributed by atoms with Crippen LogP contribution in [0, 0.1) is 13.8 Å². The molecule has 0 atom stereocenters. The van der Waals surface area contributed by atoms with Crippen LogP contribution in [0.15, 0.2) is 66.3 Å². The Kier molecular flexibility index (Phi) is 4.53. The minimum Gasteiger partial charge on any atom is -0.306 e. The fraction of sp³-hybridized carbons (Fsp3) is 0.158. The molecule has 2 aromatic carbocycles. The van der Waals surface area contributed by atoms with Gasteiger partial charge in [0, 0.05) is 23.8 Å². The summed E-state index contributed by atoms with van der Waals surface area (Å²) in [5.74, 6) is 0.801. The first-order chi connectivity index (χ1) is 12.7. The standard InChI is InChI=1S/C19H18N6S/c1-14-4-3-5-18(15(14)2)25-19(21-22-23-25)26-12-16-6-8-17(9-7-16)24-11-10-20-13-24/h3-11,13H,12H2,1-2H3. The van der Waals surface area contributed by atoms with Crippen molar-refractivity contribution in [3.05, 3.63) is 77.9 Å². The van der Waals surface area contributed by atoms with Crippen LogP contribution in [0.2, 0.25) is 0 Å². The van der Waals surface area contributed by atoms with E-state index in [0.717, 1.165) is 22.3 Å². The van der Waals surface area contributed by atoms with Crippen molar-refractivity contribution in [1.82, 2.24) is 29.8 Å². The summed E-state index contributed by atoms with van der Waals surface area (Å²) in [5, 5.41) is 13.0. The predicted octanol–water partition coefficient (Wildman–Crippen LogP) is 3.76. The Hall–Kier alpha value is -2.93. The second kappa shape index (κ2) is 7.13. The van der Waals surface area contributed by atoms with Gasteiger partial charge in [-0.1, -0.05) is 36.0 Å². The normalized spacial score (nSPS) is 11.0. The number of aryl methyl sites for hydroxylation is 1. The molecule has 0 aliphatic rings. The quantitative estimate of drug-likeness (QED) is 0.506. The van der Waals surface area contributed by atoms with Gasteiger partial charge in [0.2, 0.25) is 5.16 Å². The first-order valence-electron chi connectivity index (χ1n) is 8.27. The van der Waals surface area contributed by atoms with Gasteiger partial charge >= 0.3 is 0 Å². The average molecular weight is 362 g/mol. The van der Waals surface area contributed by atoms with Crippen molar-refractivity contribution in [2.75, 3.05) is 0 Å². The van der Waals surface area contributed by atoms with Gasteiger partial charge in [-0.2, -0.15) is 4.68 Å². The zero-order valence-electron chi connectivity index (χ0n) is 14.6. The molecule has 0 saturated heterocycles. The van der Waals surface area contributed by atoms with E-state index in [2.05, 4.69) is 64.7 Å². The third-order valence-corrected chi connectivity index (χ3v) is 5.34. The van der Waals surface area contributed by atoms with E-state index >= 15 is 0 Å². The molecule has 4 aromatic rings. The van der Waals surface area contributed by atoms with Crippen molar-refractivity contribution < 1.29 is 0 Å². The van der Waals surface area contributed by atoms with Gasteiger partial charge in [-0.25, -0.2) is 4.98 Å². The molecule has 0 spiro atoms. The largest absolute Gasteiger partial charge is 0.306 e. The van der Waals surface area contributed by atoms with Gasteiger partial charge in [0.15, 0.2) is 0 Å². The molecule has 0 fully saturated rings. The highest BCUT2D eigenvalue weighted by Gasteiger charge is 2.12. The van der Waals surface area contributed by atoms with Crippen molar-refractivity contribution >= 4 is 11.8 Å². The van der Waals surface area contributed by atoms with E-state index in [1.165, 1.54) is 16.7 Å². The van der Waals surface area contributed by atoms with Gasteiger partial charge in [-0.05, 0) is 59.2 Å². The molecule has 7 heteroatoms. The molecule has 4 rings (SSSR count). The number of aromatic nitrogens is 6. The van der Waals surface area contributed by atoms with E-state index in [4.69, 9.17) is 0 Å². The number of thioether (sulfide) groups is 1. The van der Waals surface area contributed by atoms with Crippen molar-refractivity contribution in [2.24, 2.45) is 0 Å². The van der Waals surface area contributed by atoms with Crippen LogP contribution >= 0.6 is 11.8 Å². The zero-order valence-corrected chi connectivity index (χ0v) is 15.4. The number of hydrogen-bond acceptors (Lipinski definition) is 5. The number of tetrazole rings is 1. The van der Waals surface area contributed by atoms with Crippen molar-refractivity contribution in [2.45, 2.75) is 24.8 Å². The van der Waals surface area contributed by atoms with Crippen LogP contribution in [0.5, 0.6) is 0 Å². The van der Waals surface area contributed by atoms with E-state index in [-0.39, 0.29) is 0 Å². The monoisotopic (exact) mass is 362 g/mol. The Bertz CT molecular complexity index is 1000. The molecular weight excluding hydrogens is 344 g/mol. The second-order valence-electron chi connectivity index (χ2n) is 6.02. The van der Waals surface area contributed by atoms with Gasteiger partial charge in [-0.15, -0.1) is 5.10 Å². The van der Waals surface area contributed by atoms with Crippen LogP contribution < -0.4 is 0 Å². The number of nitrogens with zero attached hydrogens (tertiary/aromatic N) is 6. The minimum absolute atomic E-state index is 0.789. The smallest absolute Gasteiger partial charge is 0.214 e. The molecule has 0 radical (unpaired) electrons. The summed E-state index contributed by atoms with van der Waals surface area (Å²) >= 11 is 1.63. The van der Waals surface area contributed by atoms with Crippen LogP contribution in [-0.2, 0) is 5.75 Å². The molecule has 2 heterocycles. The van der Waals surface area contributed by atoms with Gasteiger partial charge < -0.3 is 4.57 Å². The number of hydrogen-bond donors (Lipinski definition) is 0. The van der Waals surface area contributed by atoms with Crippen LogP contribution in [0.25, 0.3) is 11.4 Å². The summed E-state index contributed by atoms with van der Waals surface area (Å²) in [6.45, 7) is 4.19. The molecule has 0 saturated carbocycles. The van der Waals surface area contributed by atoms with Gasteiger partial charge in [0.1, 0.15) is 0 Å². The number of imidazole rings is 1. The lowest BCUT2D eigenvalue weighted by molar-refractivity contribution is 0.751. The fourth-order valence-corrected chi connectivity index (χ4v) is 3.55. The summed E-state index contributed by atoms with van der Waals surface area (Å²) < 4.78 is 3.80.